The van der Waals surface area contributed by atoms with Crippen LogP contribution in [-0.2, 0) is 0 Å². The third-order valence-corrected chi connectivity index (χ3v) is 4.42. The van der Waals surface area contributed by atoms with Crippen LogP contribution < -0.4 is 0 Å². The maximum Gasteiger partial charge on any atom is 0.0285 e. The van der Waals surface area contributed by atoms with Gasteiger partial charge in [-0.15, -0.1) is 11.6 Å². The predicted octanol–water partition coefficient (Wildman–Crippen LogP) is 3.44. The lowest BCUT2D eigenvalue weighted by atomic mass is 9.87. The molecule has 2 unspecified atom stereocenters. The van der Waals surface area contributed by atoms with Crippen LogP contribution in [0.1, 0.15) is 39.0 Å². The summed E-state index contributed by atoms with van der Waals surface area (Å²) in [5.74, 6) is 2.82. The highest BCUT2D eigenvalue weighted by Crippen LogP contribution is 2.62. The van der Waals surface area contributed by atoms with E-state index in [1.807, 2.05) is 0 Å². The van der Waals surface area contributed by atoms with Gasteiger partial charge in [0, 0.05) is 5.88 Å². The molecule has 2 rings (SSSR count). The molecular weight excluding hydrogens is 156 g/mol. The Morgan fingerprint density at radius 2 is 1.91 bits per heavy atom. The molecule has 0 spiro atoms. The Morgan fingerprint density at radius 1 is 1.36 bits per heavy atom. The van der Waals surface area contributed by atoms with Crippen LogP contribution in [0.25, 0.3) is 0 Å². The Labute approximate surface area is 74.3 Å². The van der Waals surface area contributed by atoms with E-state index in [4.69, 9.17) is 11.6 Å². The number of halogens is 1. The molecule has 0 aromatic carbocycles. The van der Waals surface area contributed by atoms with Crippen molar-refractivity contribution in [1.29, 1.82) is 0 Å². The smallest absolute Gasteiger partial charge is 0.0285 e. The first kappa shape index (κ1) is 7.91. The summed E-state index contributed by atoms with van der Waals surface area (Å²) in [6.07, 6.45) is 7.22. The number of hydrogen-bond donors (Lipinski definition) is 0. The van der Waals surface area contributed by atoms with Crippen LogP contribution in [0.5, 0.6) is 0 Å². The Bertz CT molecular complexity index is 145. The standard InChI is InChI=1S/C10H17Cl/c1-8-6-10(8,7-11)9-4-2-3-5-9/h8-9H,2-7H2,1H3. The topological polar surface area (TPSA) is 0 Å². The van der Waals surface area contributed by atoms with Crippen molar-refractivity contribution in [2.45, 2.75) is 39.0 Å². The first-order chi connectivity index (χ1) is 5.29. The van der Waals surface area contributed by atoms with Gasteiger partial charge in [-0.3, -0.25) is 0 Å². The molecule has 2 aliphatic carbocycles. The molecule has 0 heterocycles. The van der Waals surface area contributed by atoms with Crippen molar-refractivity contribution < 1.29 is 0 Å². The maximum atomic E-state index is 6.03. The average molecular weight is 173 g/mol. The van der Waals surface area contributed by atoms with Gasteiger partial charge in [-0.25, -0.2) is 0 Å². The molecule has 2 saturated carbocycles. The van der Waals surface area contributed by atoms with Gasteiger partial charge in [-0.1, -0.05) is 19.8 Å². The Hall–Kier alpha value is 0.290. The van der Waals surface area contributed by atoms with Crippen molar-refractivity contribution in [2.75, 3.05) is 5.88 Å². The Morgan fingerprint density at radius 3 is 2.27 bits per heavy atom. The van der Waals surface area contributed by atoms with E-state index in [0.29, 0.717) is 5.41 Å². The monoisotopic (exact) mass is 172 g/mol. The zero-order valence-corrected chi connectivity index (χ0v) is 8.03. The fourth-order valence-corrected chi connectivity index (χ4v) is 3.47. The minimum atomic E-state index is 0.595. The van der Waals surface area contributed by atoms with Crippen LogP contribution >= 0.6 is 11.6 Å². The molecule has 0 saturated heterocycles. The quantitative estimate of drug-likeness (QED) is 0.560. The first-order valence-electron chi connectivity index (χ1n) is 4.85. The van der Waals surface area contributed by atoms with E-state index in [2.05, 4.69) is 6.92 Å². The normalized spacial score (nSPS) is 44.7. The van der Waals surface area contributed by atoms with E-state index in [1.54, 1.807) is 0 Å². The molecule has 2 fully saturated rings. The van der Waals surface area contributed by atoms with Crippen molar-refractivity contribution in [3.8, 4) is 0 Å². The second-order valence-electron chi connectivity index (χ2n) is 4.45. The third kappa shape index (κ3) is 1.11. The molecule has 2 atom stereocenters. The zero-order valence-electron chi connectivity index (χ0n) is 7.28. The molecule has 0 aromatic rings. The van der Waals surface area contributed by atoms with Crippen LogP contribution in [0.2, 0.25) is 0 Å². The molecule has 0 aliphatic heterocycles. The second-order valence-corrected chi connectivity index (χ2v) is 4.72. The van der Waals surface area contributed by atoms with Crippen LogP contribution in [0, 0.1) is 17.3 Å². The van der Waals surface area contributed by atoms with E-state index >= 15 is 0 Å². The molecule has 1 heteroatoms. The Kier molecular flexibility index (Phi) is 1.91. The van der Waals surface area contributed by atoms with E-state index in [9.17, 15) is 0 Å². The van der Waals surface area contributed by atoms with Crippen molar-refractivity contribution in [3.63, 3.8) is 0 Å². The molecule has 11 heavy (non-hydrogen) atoms. The van der Waals surface area contributed by atoms with E-state index in [-0.39, 0.29) is 0 Å². The highest BCUT2D eigenvalue weighted by molar-refractivity contribution is 6.18. The van der Waals surface area contributed by atoms with Gasteiger partial charge < -0.3 is 0 Å². The van der Waals surface area contributed by atoms with E-state index in [1.165, 1.54) is 32.1 Å². The van der Waals surface area contributed by atoms with Gasteiger partial charge in [0.2, 0.25) is 0 Å². The SMILES string of the molecule is CC1CC1(CCl)C1CCCC1. The molecule has 0 amide bonds. The molecule has 0 radical (unpaired) electrons. The largest absolute Gasteiger partial charge is 0.126 e. The van der Waals surface area contributed by atoms with Gasteiger partial charge in [0.05, 0.1) is 0 Å². The summed E-state index contributed by atoms with van der Waals surface area (Å²) >= 11 is 6.03. The van der Waals surface area contributed by atoms with Crippen LogP contribution in [0.4, 0.5) is 0 Å². The van der Waals surface area contributed by atoms with Crippen molar-refractivity contribution >= 4 is 11.6 Å². The fourth-order valence-electron chi connectivity index (χ4n) is 2.88. The minimum Gasteiger partial charge on any atom is -0.126 e. The predicted molar refractivity (Wildman–Crippen MR) is 48.9 cm³/mol. The minimum absolute atomic E-state index is 0.595. The van der Waals surface area contributed by atoms with Crippen molar-refractivity contribution in [1.82, 2.24) is 0 Å². The van der Waals surface area contributed by atoms with Crippen LogP contribution in [-0.4, -0.2) is 5.88 Å². The molecule has 0 N–H and O–H groups in total. The highest BCUT2D eigenvalue weighted by Gasteiger charge is 2.55. The zero-order chi connectivity index (χ0) is 7.90. The summed E-state index contributed by atoms with van der Waals surface area (Å²) in [5, 5.41) is 0. The van der Waals surface area contributed by atoms with Gasteiger partial charge >= 0.3 is 0 Å². The summed E-state index contributed by atoms with van der Waals surface area (Å²) in [5.41, 5.74) is 0.595. The number of hydrogen-bond acceptors (Lipinski definition) is 0. The first-order valence-corrected chi connectivity index (χ1v) is 5.39. The molecule has 0 bridgehead atoms. The lowest BCUT2D eigenvalue weighted by Gasteiger charge is -2.20. The van der Waals surface area contributed by atoms with Gasteiger partial charge in [0.15, 0.2) is 0 Å². The summed E-state index contributed by atoms with van der Waals surface area (Å²) in [4.78, 5) is 0. The third-order valence-electron chi connectivity index (χ3n) is 3.92. The van der Waals surface area contributed by atoms with Crippen molar-refractivity contribution in [3.05, 3.63) is 0 Å². The van der Waals surface area contributed by atoms with Crippen molar-refractivity contribution in [2.24, 2.45) is 17.3 Å². The van der Waals surface area contributed by atoms with E-state index in [0.717, 1.165) is 17.7 Å². The summed E-state index contributed by atoms with van der Waals surface area (Å²) in [6.45, 7) is 2.36. The number of rotatable bonds is 2. The summed E-state index contributed by atoms with van der Waals surface area (Å²) in [7, 11) is 0. The molecule has 0 nitrogen and oxygen atoms in total. The van der Waals surface area contributed by atoms with Crippen LogP contribution in [0.3, 0.4) is 0 Å². The second kappa shape index (κ2) is 2.65. The van der Waals surface area contributed by atoms with Gasteiger partial charge in [-0.2, -0.15) is 0 Å². The van der Waals surface area contributed by atoms with Crippen LogP contribution in [0.15, 0.2) is 0 Å². The summed E-state index contributed by atoms with van der Waals surface area (Å²) < 4.78 is 0. The molecule has 64 valence electrons. The lowest BCUT2D eigenvalue weighted by Crippen LogP contribution is -2.16. The fraction of sp³-hybridized carbons (Fsp3) is 1.00. The van der Waals surface area contributed by atoms with Gasteiger partial charge in [-0.05, 0) is 36.5 Å². The molecular formula is C10H17Cl. The molecule has 0 aromatic heterocycles. The number of alkyl halides is 1. The van der Waals surface area contributed by atoms with E-state index < -0.39 is 0 Å². The average Bonchev–Trinajstić information content (AvgIpc) is 2.55. The van der Waals surface area contributed by atoms with Gasteiger partial charge in [0.1, 0.15) is 0 Å². The highest BCUT2D eigenvalue weighted by atomic mass is 35.5. The molecule has 2 aliphatic rings. The maximum absolute atomic E-state index is 6.03. The summed E-state index contributed by atoms with van der Waals surface area (Å²) in [6, 6.07) is 0. The van der Waals surface area contributed by atoms with Gasteiger partial charge in [0.25, 0.3) is 0 Å². The lowest BCUT2D eigenvalue weighted by molar-refractivity contribution is 0.323. The Balaban J connectivity index is 2.01.